The molecular weight excluding hydrogens is 552 g/mol. The third-order valence-electron chi connectivity index (χ3n) is 9.94. The maximum atomic E-state index is 14.1. The molecule has 4 aromatic rings. The van der Waals surface area contributed by atoms with Crippen LogP contribution in [0.15, 0.2) is 91.0 Å². The lowest BCUT2D eigenvalue weighted by atomic mass is 9.55. The molecule has 2 heterocycles. The summed E-state index contributed by atoms with van der Waals surface area (Å²) in [5.41, 5.74) is 7.44. The molecule has 2 saturated heterocycles. The maximum absolute atomic E-state index is 14.1. The van der Waals surface area contributed by atoms with E-state index in [4.69, 9.17) is 4.74 Å². The third kappa shape index (κ3) is 3.75. The molecule has 3 aliphatic carbocycles. The quantitative estimate of drug-likeness (QED) is 0.176. The Kier molecular flexibility index (Phi) is 5.88. The monoisotopic (exact) mass is 582 g/mol. The van der Waals surface area contributed by atoms with Gasteiger partial charge in [-0.2, -0.15) is 0 Å². The van der Waals surface area contributed by atoms with Crippen LogP contribution in [0, 0.1) is 31.6 Å². The van der Waals surface area contributed by atoms with Gasteiger partial charge in [-0.25, -0.2) is 4.90 Å². The zero-order chi connectivity index (χ0) is 30.3. The van der Waals surface area contributed by atoms with Crippen molar-refractivity contribution in [3.63, 3.8) is 0 Å². The molecule has 9 rings (SSSR count). The molecule has 0 aromatic heterocycles. The Bertz CT molecular complexity index is 1800. The number of hydrogen-bond donors (Lipinski definition) is 0. The molecule has 0 saturated carbocycles. The minimum atomic E-state index is -0.592. The maximum Gasteiger partial charge on any atom is 0.316 e. The number of amides is 3. The minimum Gasteiger partial charge on any atom is -0.426 e. The van der Waals surface area contributed by atoms with Crippen molar-refractivity contribution in [3.8, 4) is 5.75 Å². The second kappa shape index (κ2) is 9.74. The lowest BCUT2D eigenvalue weighted by molar-refractivity contribution is -0.139. The Morgan fingerprint density at radius 2 is 1.23 bits per heavy atom. The van der Waals surface area contributed by atoms with E-state index in [1.54, 1.807) is 23.1 Å². The number of anilines is 2. The number of benzene rings is 4. The van der Waals surface area contributed by atoms with Gasteiger partial charge in [-0.15, -0.1) is 0 Å². The molecule has 2 aliphatic heterocycles. The Morgan fingerprint density at radius 3 is 1.77 bits per heavy atom. The molecule has 0 spiro atoms. The fourth-order valence-electron chi connectivity index (χ4n) is 8.02. The Morgan fingerprint density at radius 1 is 0.682 bits per heavy atom. The van der Waals surface area contributed by atoms with Crippen LogP contribution in [0.5, 0.6) is 5.75 Å². The zero-order valence-corrected chi connectivity index (χ0v) is 24.4. The molecule has 0 radical (unpaired) electrons. The highest BCUT2D eigenvalue weighted by Gasteiger charge is 2.61. The van der Waals surface area contributed by atoms with Crippen LogP contribution in [-0.2, 0) is 19.2 Å². The van der Waals surface area contributed by atoms with Gasteiger partial charge in [0.25, 0.3) is 0 Å². The Hall–Kier alpha value is -5.04. The summed E-state index contributed by atoms with van der Waals surface area (Å²) in [5.74, 6) is -2.52. The van der Waals surface area contributed by atoms with Gasteiger partial charge in [-0.05, 0) is 71.5 Å². The van der Waals surface area contributed by atoms with E-state index in [0.717, 1.165) is 33.5 Å². The molecule has 5 aliphatic rings. The number of nitrogens with zero attached hydrogens (tertiary/aromatic N) is 2. The van der Waals surface area contributed by atoms with Crippen LogP contribution in [0.1, 0.15) is 51.6 Å². The highest BCUT2D eigenvalue weighted by molar-refractivity contribution is 6.23. The standard InChI is InChI=1S/C37H30N2O5/c1-20-9-3-8-14-28(20)38-19-22(18-30(38)40)37(43)44-23-15-16-29(21(2)17-23)39-35(41)33-31-24-10-4-5-11-25(24)32(34(33)36(39)42)27-13-7-6-12-26(27)31/h3-17,22,31-34H,18-19H2,1-2H3/t22-,31?,32?,33-,34+/m0/s1. The van der Waals surface area contributed by atoms with Gasteiger partial charge in [0, 0.05) is 30.5 Å². The van der Waals surface area contributed by atoms with Gasteiger partial charge in [0.15, 0.2) is 0 Å². The van der Waals surface area contributed by atoms with Gasteiger partial charge in [0.05, 0.1) is 23.4 Å². The number of ether oxygens (including phenoxy) is 1. The van der Waals surface area contributed by atoms with E-state index in [1.807, 2.05) is 62.4 Å². The van der Waals surface area contributed by atoms with Crippen molar-refractivity contribution < 1.29 is 23.9 Å². The summed E-state index contributed by atoms with van der Waals surface area (Å²) in [5, 5.41) is 0. The molecule has 7 heteroatoms. The number of esters is 1. The van der Waals surface area contributed by atoms with Crippen LogP contribution in [0.2, 0.25) is 0 Å². The predicted molar refractivity (Wildman–Crippen MR) is 164 cm³/mol. The van der Waals surface area contributed by atoms with Gasteiger partial charge in [0.2, 0.25) is 17.7 Å². The van der Waals surface area contributed by atoms with E-state index in [-0.39, 0.29) is 42.5 Å². The summed E-state index contributed by atoms with van der Waals surface area (Å²) in [7, 11) is 0. The fourth-order valence-corrected chi connectivity index (χ4v) is 8.02. The van der Waals surface area contributed by atoms with Crippen molar-refractivity contribution in [1.82, 2.24) is 0 Å². The molecule has 3 atom stereocenters. The van der Waals surface area contributed by atoms with Crippen LogP contribution in [-0.4, -0.2) is 30.2 Å². The SMILES string of the molecule is Cc1ccccc1N1C[C@@H](C(=O)Oc2ccc(N3C(=O)[C@@H]4C5c6ccccc6C(c6ccccc65)[C@@H]4C3=O)c(C)c2)CC1=O. The van der Waals surface area contributed by atoms with Crippen LogP contribution >= 0.6 is 0 Å². The summed E-state index contributed by atoms with van der Waals surface area (Å²) in [6.07, 6.45) is 0.0803. The normalized spacial score (nSPS) is 24.8. The van der Waals surface area contributed by atoms with Crippen LogP contribution in [0.25, 0.3) is 0 Å². The summed E-state index contributed by atoms with van der Waals surface area (Å²) in [6.45, 7) is 4.00. The minimum absolute atomic E-state index is 0.0803. The van der Waals surface area contributed by atoms with Gasteiger partial charge >= 0.3 is 5.97 Å². The second-order valence-electron chi connectivity index (χ2n) is 12.3. The first-order valence-electron chi connectivity index (χ1n) is 15.1. The summed E-state index contributed by atoms with van der Waals surface area (Å²) in [4.78, 5) is 57.1. The van der Waals surface area contributed by atoms with Crippen LogP contribution in [0.3, 0.4) is 0 Å². The highest BCUT2D eigenvalue weighted by Crippen LogP contribution is 2.61. The van der Waals surface area contributed by atoms with E-state index in [1.165, 1.54) is 4.90 Å². The molecule has 0 unspecified atom stereocenters. The van der Waals surface area contributed by atoms with E-state index >= 15 is 0 Å². The summed E-state index contributed by atoms with van der Waals surface area (Å²) >= 11 is 0. The topological polar surface area (TPSA) is 84.0 Å². The van der Waals surface area contributed by atoms with Crippen LogP contribution in [0.4, 0.5) is 11.4 Å². The van der Waals surface area contributed by atoms with Crippen LogP contribution < -0.4 is 14.5 Å². The number of carbonyl (C=O) groups excluding carboxylic acids is 4. The van der Waals surface area contributed by atoms with Gasteiger partial charge in [0.1, 0.15) is 5.75 Å². The number of para-hydroxylation sites is 1. The lowest BCUT2D eigenvalue weighted by Gasteiger charge is -2.45. The highest BCUT2D eigenvalue weighted by atomic mass is 16.5. The largest absolute Gasteiger partial charge is 0.426 e. The first-order chi connectivity index (χ1) is 21.3. The summed E-state index contributed by atoms with van der Waals surface area (Å²) < 4.78 is 5.73. The average Bonchev–Trinajstić information content (AvgIpc) is 3.54. The number of imide groups is 1. The third-order valence-corrected chi connectivity index (χ3v) is 9.94. The number of rotatable bonds is 4. The van der Waals surface area contributed by atoms with E-state index in [0.29, 0.717) is 17.0 Å². The second-order valence-corrected chi connectivity index (χ2v) is 12.3. The van der Waals surface area contributed by atoms with E-state index < -0.39 is 23.7 Å². The van der Waals surface area contributed by atoms with E-state index in [2.05, 4.69) is 24.3 Å². The lowest BCUT2D eigenvalue weighted by Crippen LogP contribution is -2.41. The molecule has 0 N–H and O–H groups in total. The predicted octanol–water partition coefficient (Wildman–Crippen LogP) is 5.66. The van der Waals surface area contributed by atoms with Gasteiger partial charge in [-0.3, -0.25) is 19.2 Å². The molecule has 3 amide bonds. The molecule has 4 aromatic carbocycles. The van der Waals surface area contributed by atoms with Crippen molar-refractivity contribution in [1.29, 1.82) is 0 Å². The molecule has 218 valence electrons. The first-order valence-corrected chi connectivity index (χ1v) is 15.1. The van der Waals surface area contributed by atoms with Gasteiger partial charge < -0.3 is 9.64 Å². The molecule has 2 bridgehead atoms. The zero-order valence-electron chi connectivity index (χ0n) is 24.4. The average molecular weight is 583 g/mol. The molecule has 2 fully saturated rings. The first kappa shape index (κ1) is 26.6. The Balaban J connectivity index is 1.05. The smallest absolute Gasteiger partial charge is 0.316 e. The van der Waals surface area contributed by atoms with Gasteiger partial charge in [-0.1, -0.05) is 66.7 Å². The van der Waals surface area contributed by atoms with Crippen molar-refractivity contribution in [3.05, 3.63) is 124 Å². The molecular formula is C37H30N2O5. The number of aryl methyl sites for hydroxylation is 2. The van der Waals surface area contributed by atoms with Crippen molar-refractivity contribution in [2.45, 2.75) is 32.1 Å². The van der Waals surface area contributed by atoms with E-state index in [9.17, 15) is 19.2 Å². The fraction of sp³-hybridized carbons (Fsp3) is 0.243. The molecule has 7 nitrogen and oxygen atoms in total. The number of carbonyl (C=O) groups is 4. The summed E-state index contributed by atoms with van der Waals surface area (Å²) in [6, 6.07) is 29.0. The molecule has 44 heavy (non-hydrogen) atoms. The van der Waals surface area contributed by atoms with Crippen molar-refractivity contribution in [2.75, 3.05) is 16.3 Å². The Labute approximate surface area is 255 Å². The van der Waals surface area contributed by atoms with Crippen molar-refractivity contribution >= 4 is 35.1 Å². The number of hydrogen-bond acceptors (Lipinski definition) is 5. The van der Waals surface area contributed by atoms with Crippen molar-refractivity contribution in [2.24, 2.45) is 17.8 Å².